The van der Waals surface area contributed by atoms with E-state index in [4.69, 9.17) is 33.2 Å². The molecule has 5 rings (SSSR count). The molecule has 0 aliphatic carbocycles. The van der Waals surface area contributed by atoms with E-state index in [1.165, 1.54) is 32.8 Å². The summed E-state index contributed by atoms with van der Waals surface area (Å²) in [6.07, 6.45) is -8.13. The van der Waals surface area contributed by atoms with Crippen molar-refractivity contribution in [2.75, 3.05) is 34.3 Å². The highest BCUT2D eigenvalue weighted by Gasteiger charge is 2.53. The van der Waals surface area contributed by atoms with Crippen molar-refractivity contribution < 1.29 is 73.1 Å². The van der Waals surface area contributed by atoms with Crippen molar-refractivity contribution >= 4 is 17.8 Å². The summed E-state index contributed by atoms with van der Waals surface area (Å²) in [6, 6.07) is 3.47. The fourth-order valence-electron chi connectivity index (χ4n) is 10.5. The average molecular weight is 938 g/mol. The van der Waals surface area contributed by atoms with Gasteiger partial charge in [0.05, 0.1) is 54.2 Å². The lowest BCUT2D eigenvalue weighted by molar-refractivity contribution is -0.318. The van der Waals surface area contributed by atoms with E-state index in [0.29, 0.717) is 32.4 Å². The van der Waals surface area contributed by atoms with Gasteiger partial charge in [0.2, 0.25) is 0 Å². The number of methoxy groups -OCH3 is 1. The van der Waals surface area contributed by atoms with Crippen LogP contribution in [-0.4, -0.2) is 183 Å². The lowest BCUT2D eigenvalue weighted by atomic mass is 9.74. The van der Waals surface area contributed by atoms with E-state index in [9.17, 15) is 39.9 Å². The number of aliphatic hydroxyl groups excluding tert-OH is 3. The van der Waals surface area contributed by atoms with E-state index in [0.717, 1.165) is 11.3 Å². The topological polar surface area (TPSA) is 236 Å². The van der Waals surface area contributed by atoms with Gasteiger partial charge in [0.15, 0.2) is 12.6 Å². The highest BCUT2D eigenvalue weighted by molar-refractivity contribution is 5.83. The minimum Gasteiger partial charge on any atom is -0.459 e. The number of hydrogen-bond donors (Lipinski definition) is 5. The number of cyclic esters (lactones) is 2. The molecule has 0 radical (unpaired) electrons. The van der Waals surface area contributed by atoms with Crippen molar-refractivity contribution in [3.8, 4) is 0 Å². The van der Waals surface area contributed by atoms with Crippen LogP contribution < -0.4 is 0 Å². The molecule has 1 aromatic rings. The second kappa shape index (κ2) is 21.8. The molecule has 1 amide bonds. The van der Waals surface area contributed by atoms with Crippen molar-refractivity contribution in [2.24, 2.45) is 23.7 Å². The van der Waals surface area contributed by atoms with Crippen LogP contribution in [0.3, 0.4) is 0 Å². The number of aliphatic hydroxyl groups is 5. The fourth-order valence-corrected chi connectivity index (χ4v) is 10.5. The Kier molecular flexibility index (Phi) is 17.9. The lowest BCUT2D eigenvalue weighted by Crippen LogP contribution is -2.61. The van der Waals surface area contributed by atoms with E-state index in [2.05, 4.69) is 4.98 Å². The van der Waals surface area contributed by atoms with Crippen LogP contribution in [0.5, 0.6) is 0 Å². The van der Waals surface area contributed by atoms with Gasteiger partial charge < -0.3 is 68.5 Å². The zero-order valence-corrected chi connectivity index (χ0v) is 41.3. The number of rotatable bonds is 12. The van der Waals surface area contributed by atoms with Crippen LogP contribution in [0.4, 0.5) is 4.79 Å². The molecule has 0 unspecified atom stereocenters. The monoisotopic (exact) mass is 938 g/mol. The highest BCUT2D eigenvalue weighted by atomic mass is 16.7. The fraction of sp³-hybridized carbons (Fsp3) is 0.833. The summed E-state index contributed by atoms with van der Waals surface area (Å²) in [5, 5.41) is 59.0. The number of carbonyl (C=O) groups is 3. The predicted octanol–water partition coefficient (Wildman–Crippen LogP) is 2.79. The van der Waals surface area contributed by atoms with Crippen molar-refractivity contribution in [1.82, 2.24) is 14.8 Å². The Hall–Kier alpha value is -2.88. The maximum Gasteiger partial charge on any atom is 0.409 e. The van der Waals surface area contributed by atoms with Gasteiger partial charge in [-0.15, -0.1) is 0 Å². The molecule has 4 aliphatic heterocycles. The summed E-state index contributed by atoms with van der Waals surface area (Å²) in [4.78, 5) is 48.4. The van der Waals surface area contributed by atoms with E-state index >= 15 is 0 Å². The molecule has 18 nitrogen and oxygen atoms in total. The Morgan fingerprint density at radius 3 is 2.20 bits per heavy atom. The van der Waals surface area contributed by atoms with Crippen molar-refractivity contribution in [3.05, 3.63) is 29.6 Å². The van der Waals surface area contributed by atoms with Crippen LogP contribution in [0.2, 0.25) is 0 Å². The average Bonchev–Trinajstić information content (AvgIpc) is 3.58. The molecular weight excluding hydrogens is 859 g/mol. The Labute approximate surface area is 390 Å². The third kappa shape index (κ3) is 12.1. The third-order valence-electron chi connectivity index (χ3n) is 14.9. The lowest BCUT2D eigenvalue weighted by Gasteiger charge is -2.49. The normalized spacial score (nSPS) is 43.4. The van der Waals surface area contributed by atoms with E-state index < -0.39 is 120 Å². The zero-order valence-electron chi connectivity index (χ0n) is 41.3. The van der Waals surface area contributed by atoms with Crippen LogP contribution >= 0.6 is 0 Å². The van der Waals surface area contributed by atoms with Gasteiger partial charge in [-0.3, -0.25) is 14.6 Å². The minimum absolute atomic E-state index is 0.0649. The SMILES string of the molecule is CC[C@H]1OC(=O)[C@H](C)[C@@H](O[C@H]2C[C@@](C)(OC)[C@@H](O)[C@H](C)O2)[C@H](C)[C@@H](O[C@@H]2O[C@H](C)C[C@H](N(C)CCc3ccc(C[C@@H]4CN(C)C(=O)O4)nc3)[C@H]2O)[C@](C)(O)C[C@@H](C)C(=O)[C@H](C)[C@@H](O)[C@]1(C)O. The number of Topliss-reactive ketones (excluding diaryl/α,β-unsaturated/α-hetero) is 1. The molecule has 4 saturated heterocycles. The van der Waals surface area contributed by atoms with E-state index in [-0.39, 0.29) is 31.5 Å². The Bertz CT molecular complexity index is 1790. The van der Waals surface area contributed by atoms with Gasteiger partial charge in [-0.1, -0.05) is 33.8 Å². The molecule has 376 valence electrons. The largest absolute Gasteiger partial charge is 0.459 e. The molecule has 5 heterocycles. The van der Waals surface area contributed by atoms with Crippen LogP contribution in [0.1, 0.15) is 106 Å². The third-order valence-corrected chi connectivity index (χ3v) is 14.9. The molecule has 5 N–H and O–H groups in total. The number of likely N-dealkylation sites (N-methyl/N-ethyl adjacent to an activating group) is 2. The molecule has 0 spiro atoms. The summed E-state index contributed by atoms with van der Waals surface area (Å²) in [5.74, 6) is -5.21. The molecule has 18 heteroatoms. The van der Waals surface area contributed by atoms with Gasteiger partial charge in [0, 0.05) is 69.2 Å². The first kappa shape index (κ1) is 54.1. The van der Waals surface area contributed by atoms with Crippen LogP contribution in [0.15, 0.2) is 18.3 Å². The van der Waals surface area contributed by atoms with Crippen molar-refractivity contribution in [1.29, 1.82) is 0 Å². The quantitative estimate of drug-likeness (QED) is 0.190. The number of nitrogens with zero attached hydrogens (tertiary/aromatic N) is 3. The highest BCUT2D eigenvalue weighted by Crippen LogP contribution is 2.41. The molecule has 0 aromatic carbocycles. The van der Waals surface area contributed by atoms with Gasteiger partial charge in [-0.05, 0) is 85.9 Å². The van der Waals surface area contributed by atoms with E-state index in [1.54, 1.807) is 54.8 Å². The smallest absolute Gasteiger partial charge is 0.409 e. The number of ether oxygens (including phenoxy) is 7. The molecular formula is C48H79N3O15. The standard InChI is InChI=1S/C48H79N3O15/c1-14-35-48(10,59)40(54)27(4)37(52)25(2)21-46(8,58)42(28(5)39(29(6)43(56)64-35)65-36-22-47(9,60-13)41(55)30(7)62-36)66-44-38(53)34(19-26(3)61-44)50(11)18-17-31-15-16-32(49-23-31)20-33-24-51(12)45(57)63-33/h15-16,23,25-30,33-36,38-42,44,53-55,58-59H,14,17-22,24H2,1-13H3/t25-,26-,27+,28+,29-,30+,33-,34+,35-,36+,38-,39+,40-,41+,42-,44+,46-,47-,48-/m1/s1. The van der Waals surface area contributed by atoms with Gasteiger partial charge in [0.1, 0.15) is 35.8 Å². The predicted molar refractivity (Wildman–Crippen MR) is 240 cm³/mol. The van der Waals surface area contributed by atoms with Crippen LogP contribution in [0, 0.1) is 23.7 Å². The molecule has 19 atom stereocenters. The van der Waals surface area contributed by atoms with Crippen molar-refractivity contribution in [3.63, 3.8) is 0 Å². The second-order valence-corrected chi connectivity index (χ2v) is 20.5. The van der Waals surface area contributed by atoms with Crippen LogP contribution in [0.25, 0.3) is 0 Å². The Morgan fingerprint density at radius 1 is 0.924 bits per heavy atom. The first-order chi connectivity index (χ1) is 30.7. The molecule has 1 aromatic heterocycles. The first-order valence-corrected chi connectivity index (χ1v) is 23.7. The Morgan fingerprint density at radius 2 is 1.61 bits per heavy atom. The minimum atomic E-state index is -2.03. The number of amides is 1. The number of carbonyl (C=O) groups excluding carboxylic acids is 3. The van der Waals surface area contributed by atoms with Gasteiger partial charge in [-0.2, -0.15) is 0 Å². The molecule has 66 heavy (non-hydrogen) atoms. The summed E-state index contributed by atoms with van der Waals surface area (Å²) in [5.41, 5.74) is -3.18. The van der Waals surface area contributed by atoms with Gasteiger partial charge in [0.25, 0.3) is 0 Å². The maximum absolute atomic E-state index is 14.3. The molecule has 4 aliphatic rings. The summed E-state index contributed by atoms with van der Waals surface area (Å²) >= 11 is 0. The molecule has 0 bridgehead atoms. The summed E-state index contributed by atoms with van der Waals surface area (Å²) in [7, 11) is 5.09. The number of aromatic nitrogens is 1. The van der Waals surface area contributed by atoms with Gasteiger partial charge >= 0.3 is 12.1 Å². The Balaban J connectivity index is 1.44. The number of pyridine rings is 1. The molecule has 0 saturated carbocycles. The van der Waals surface area contributed by atoms with Gasteiger partial charge in [-0.25, -0.2) is 4.79 Å². The summed E-state index contributed by atoms with van der Waals surface area (Å²) < 4.78 is 43.1. The number of ketones is 1. The second-order valence-electron chi connectivity index (χ2n) is 20.5. The van der Waals surface area contributed by atoms with Crippen molar-refractivity contribution in [2.45, 2.75) is 198 Å². The number of esters is 1. The maximum atomic E-state index is 14.3. The molecule has 4 fully saturated rings. The number of hydrogen-bond acceptors (Lipinski definition) is 17. The summed E-state index contributed by atoms with van der Waals surface area (Å²) in [6.45, 7) is 17.4. The zero-order chi connectivity index (χ0) is 49.2. The van der Waals surface area contributed by atoms with Crippen LogP contribution in [-0.2, 0) is 55.6 Å². The van der Waals surface area contributed by atoms with E-state index in [1.807, 2.05) is 31.0 Å². The first-order valence-electron chi connectivity index (χ1n) is 23.7.